The van der Waals surface area contributed by atoms with Gasteiger partial charge in [0.05, 0.1) is 17.4 Å². The monoisotopic (exact) mass is 248 g/mol. The quantitative estimate of drug-likeness (QED) is 0.859. The van der Waals surface area contributed by atoms with Crippen molar-refractivity contribution in [3.8, 4) is 0 Å². The molecule has 1 aliphatic carbocycles. The summed E-state index contributed by atoms with van der Waals surface area (Å²) in [5.74, 6) is 0.592. The Balaban J connectivity index is 1.92. The van der Waals surface area contributed by atoms with Crippen LogP contribution in [0.3, 0.4) is 0 Å². The summed E-state index contributed by atoms with van der Waals surface area (Å²) < 4.78 is 0. The van der Waals surface area contributed by atoms with Gasteiger partial charge in [-0.3, -0.25) is 4.98 Å². The van der Waals surface area contributed by atoms with E-state index in [1.165, 1.54) is 37.9 Å². The molecule has 1 fully saturated rings. The average molecular weight is 248 g/mol. The van der Waals surface area contributed by atoms with Gasteiger partial charge in [-0.05, 0) is 30.7 Å². The van der Waals surface area contributed by atoms with Gasteiger partial charge in [0.15, 0.2) is 0 Å². The van der Waals surface area contributed by atoms with Crippen LogP contribution in [-0.2, 0) is 0 Å². The number of nitrogens with zero attached hydrogens (tertiary/aromatic N) is 1. The second-order valence-corrected chi connectivity index (χ2v) is 5.23. The summed E-state index contributed by atoms with van der Waals surface area (Å²) in [7, 11) is 0. The maximum atomic E-state index is 11.0. The smallest absolute Gasteiger partial charge is 0.337 e. The number of rotatable bonds is 4. The van der Waals surface area contributed by atoms with Crippen LogP contribution in [0.15, 0.2) is 18.5 Å². The molecule has 18 heavy (non-hydrogen) atoms. The standard InChI is InChI=1S/C14H20N2O2/c1-10-2-4-11(5-3-10)8-16-13-9-15-7-6-12(13)14(17)18/h6-7,9-11,16H,2-5,8H2,1H3,(H,17,18). The lowest BCUT2D eigenvalue weighted by Crippen LogP contribution is -2.21. The third kappa shape index (κ3) is 3.22. The molecule has 0 amide bonds. The van der Waals surface area contributed by atoms with Gasteiger partial charge in [-0.25, -0.2) is 4.79 Å². The van der Waals surface area contributed by atoms with E-state index in [4.69, 9.17) is 5.11 Å². The molecule has 4 nitrogen and oxygen atoms in total. The number of hydrogen-bond donors (Lipinski definition) is 2. The topological polar surface area (TPSA) is 62.2 Å². The van der Waals surface area contributed by atoms with Crippen LogP contribution in [0.25, 0.3) is 0 Å². The number of carboxylic acids is 1. The Morgan fingerprint density at radius 3 is 2.83 bits per heavy atom. The highest BCUT2D eigenvalue weighted by Crippen LogP contribution is 2.28. The largest absolute Gasteiger partial charge is 0.478 e. The predicted octanol–water partition coefficient (Wildman–Crippen LogP) is 3.02. The third-order valence-electron chi connectivity index (χ3n) is 3.77. The number of carboxylic acid groups (broad SMARTS) is 1. The Bertz CT molecular complexity index is 412. The molecule has 0 aromatic carbocycles. The molecule has 2 rings (SSSR count). The van der Waals surface area contributed by atoms with E-state index in [0.29, 0.717) is 17.2 Å². The molecule has 1 saturated carbocycles. The fourth-order valence-corrected chi connectivity index (χ4v) is 2.51. The molecule has 1 aromatic heterocycles. The van der Waals surface area contributed by atoms with Crippen LogP contribution < -0.4 is 5.32 Å². The van der Waals surface area contributed by atoms with Crippen molar-refractivity contribution in [3.05, 3.63) is 24.0 Å². The zero-order valence-corrected chi connectivity index (χ0v) is 10.7. The van der Waals surface area contributed by atoms with Crippen LogP contribution in [-0.4, -0.2) is 22.6 Å². The lowest BCUT2D eigenvalue weighted by molar-refractivity contribution is 0.0698. The first-order chi connectivity index (χ1) is 8.66. The minimum absolute atomic E-state index is 0.300. The fourth-order valence-electron chi connectivity index (χ4n) is 2.51. The van der Waals surface area contributed by atoms with Crippen molar-refractivity contribution < 1.29 is 9.90 Å². The van der Waals surface area contributed by atoms with E-state index in [9.17, 15) is 4.79 Å². The Morgan fingerprint density at radius 1 is 1.44 bits per heavy atom. The molecule has 98 valence electrons. The van der Waals surface area contributed by atoms with E-state index in [1.54, 1.807) is 6.20 Å². The zero-order chi connectivity index (χ0) is 13.0. The Kier molecular flexibility index (Phi) is 4.18. The molecular weight excluding hydrogens is 228 g/mol. The fraction of sp³-hybridized carbons (Fsp3) is 0.571. The molecule has 1 aromatic rings. The molecule has 1 heterocycles. The van der Waals surface area contributed by atoms with Crippen LogP contribution in [0.5, 0.6) is 0 Å². The summed E-state index contributed by atoms with van der Waals surface area (Å²) in [4.78, 5) is 15.0. The summed E-state index contributed by atoms with van der Waals surface area (Å²) in [6, 6.07) is 1.54. The van der Waals surface area contributed by atoms with Gasteiger partial charge in [0, 0.05) is 12.7 Å². The van der Waals surface area contributed by atoms with Gasteiger partial charge in [0.25, 0.3) is 0 Å². The van der Waals surface area contributed by atoms with Gasteiger partial charge in [0.1, 0.15) is 0 Å². The number of anilines is 1. The predicted molar refractivity (Wildman–Crippen MR) is 70.8 cm³/mol. The van der Waals surface area contributed by atoms with E-state index < -0.39 is 5.97 Å². The molecule has 0 saturated heterocycles. The molecular formula is C14H20N2O2. The average Bonchev–Trinajstić information content (AvgIpc) is 2.38. The van der Waals surface area contributed by atoms with Gasteiger partial charge >= 0.3 is 5.97 Å². The molecule has 0 atom stereocenters. The first kappa shape index (κ1) is 12.9. The van der Waals surface area contributed by atoms with Gasteiger partial charge in [-0.1, -0.05) is 19.8 Å². The van der Waals surface area contributed by atoms with Crippen molar-refractivity contribution in [1.29, 1.82) is 0 Å². The highest BCUT2D eigenvalue weighted by Gasteiger charge is 2.18. The molecule has 0 spiro atoms. The van der Waals surface area contributed by atoms with Crippen LogP contribution in [0, 0.1) is 11.8 Å². The molecule has 2 N–H and O–H groups in total. The number of nitrogens with one attached hydrogen (secondary N) is 1. The van der Waals surface area contributed by atoms with Crippen LogP contribution in [0.2, 0.25) is 0 Å². The third-order valence-corrected chi connectivity index (χ3v) is 3.77. The number of hydrogen-bond acceptors (Lipinski definition) is 3. The summed E-state index contributed by atoms with van der Waals surface area (Å²) in [5, 5.41) is 12.3. The number of aromatic carboxylic acids is 1. The molecule has 0 aliphatic heterocycles. The van der Waals surface area contributed by atoms with E-state index >= 15 is 0 Å². The van der Waals surface area contributed by atoms with Crippen molar-refractivity contribution in [1.82, 2.24) is 4.98 Å². The highest BCUT2D eigenvalue weighted by atomic mass is 16.4. The Morgan fingerprint density at radius 2 is 2.17 bits per heavy atom. The second-order valence-electron chi connectivity index (χ2n) is 5.23. The van der Waals surface area contributed by atoms with Crippen LogP contribution in [0.1, 0.15) is 43.0 Å². The minimum Gasteiger partial charge on any atom is -0.478 e. The molecule has 4 heteroatoms. The highest BCUT2D eigenvalue weighted by molar-refractivity contribution is 5.93. The second kappa shape index (κ2) is 5.85. The summed E-state index contributed by atoms with van der Waals surface area (Å²) in [6.45, 7) is 3.14. The number of carbonyl (C=O) groups is 1. The Hall–Kier alpha value is -1.58. The number of pyridine rings is 1. The van der Waals surface area contributed by atoms with E-state index in [1.807, 2.05) is 0 Å². The maximum Gasteiger partial charge on any atom is 0.337 e. The van der Waals surface area contributed by atoms with Crippen molar-refractivity contribution in [2.24, 2.45) is 11.8 Å². The summed E-state index contributed by atoms with van der Waals surface area (Å²) >= 11 is 0. The lowest BCUT2D eigenvalue weighted by atomic mass is 9.83. The molecule has 0 bridgehead atoms. The molecule has 0 radical (unpaired) electrons. The molecule has 0 unspecified atom stereocenters. The summed E-state index contributed by atoms with van der Waals surface area (Å²) in [5.41, 5.74) is 0.929. The van der Waals surface area contributed by atoms with Crippen molar-refractivity contribution in [2.45, 2.75) is 32.6 Å². The SMILES string of the molecule is CC1CCC(CNc2cnccc2C(=O)O)CC1. The lowest BCUT2D eigenvalue weighted by Gasteiger charge is -2.26. The van der Waals surface area contributed by atoms with Crippen molar-refractivity contribution in [2.75, 3.05) is 11.9 Å². The van der Waals surface area contributed by atoms with Crippen LogP contribution >= 0.6 is 0 Å². The maximum absolute atomic E-state index is 11.0. The summed E-state index contributed by atoms with van der Waals surface area (Å²) in [6.07, 6.45) is 8.13. The molecule has 1 aliphatic rings. The van der Waals surface area contributed by atoms with Crippen LogP contribution in [0.4, 0.5) is 5.69 Å². The zero-order valence-electron chi connectivity index (χ0n) is 10.7. The first-order valence-corrected chi connectivity index (χ1v) is 6.58. The first-order valence-electron chi connectivity index (χ1n) is 6.58. The van der Waals surface area contributed by atoms with Gasteiger partial charge in [-0.2, -0.15) is 0 Å². The van der Waals surface area contributed by atoms with Gasteiger partial charge in [0.2, 0.25) is 0 Å². The van der Waals surface area contributed by atoms with Crippen molar-refractivity contribution >= 4 is 11.7 Å². The van der Waals surface area contributed by atoms with Crippen molar-refractivity contribution in [3.63, 3.8) is 0 Å². The van der Waals surface area contributed by atoms with Gasteiger partial charge < -0.3 is 10.4 Å². The minimum atomic E-state index is -0.905. The normalized spacial score (nSPS) is 23.6. The van der Waals surface area contributed by atoms with Gasteiger partial charge in [-0.15, -0.1) is 0 Å². The Labute approximate surface area is 107 Å². The van der Waals surface area contributed by atoms with E-state index in [-0.39, 0.29) is 0 Å². The van der Waals surface area contributed by atoms with E-state index in [0.717, 1.165) is 12.5 Å². The number of aromatic nitrogens is 1. The van der Waals surface area contributed by atoms with E-state index in [2.05, 4.69) is 17.2 Å².